The molecule has 7 heteroatoms. The van der Waals surface area contributed by atoms with Crippen LogP contribution in [0.25, 0.3) is 0 Å². The van der Waals surface area contributed by atoms with Crippen molar-refractivity contribution >= 4 is 44.4 Å². The van der Waals surface area contributed by atoms with Crippen molar-refractivity contribution in [1.82, 2.24) is 0 Å². The molecule has 0 saturated carbocycles. The molecule has 122 valence electrons. The molecule has 4 nitrogen and oxygen atoms in total. The van der Waals surface area contributed by atoms with E-state index in [0.717, 1.165) is 0 Å². The molecule has 3 aromatic rings. The van der Waals surface area contributed by atoms with Crippen LogP contribution >= 0.6 is 22.9 Å². The number of rotatable bonds is 4. The highest BCUT2D eigenvalue weighted by atomic mass is 35.5. The second-order valence-corrected chi connectivity index (χ2v) is 8.25. The Morgan fingerprint density at radius 1 is 0.917 bits per heavy atom. The summed E-state index contributed by atoms with van der Waals surface area (Å²) >= 11 is 7.12. The lowest BCUT2D eigenvalue weighted by molar-refractivity contribution is 0.103. The quantitative estimate of drug-likeness (QED) is 0.728. The zero-order valence-corrected chi connectivity index (χ0v) is 14.7. The Morgan fingerprint density at radius 3 is 2.04 bits per heavy atom. The number of benzene rings is 2. The van der Waals surface area contributed by atoms with Gasteiger partial charge in [-0.25, -0.2) is 8.42 Å². The van der Waals surface area contributed by atoms with E-state index in [1.165, 1.54) is 47.7 Å². The molecule has 1 N–H and O–H groups in total. The Bertz CT molecular complexity index is 948. The number of nitrogens with one attached hydrogen (secondary N) is 1. The van der Waals surface area contributed by atoms with E-state index in [1.54, 1.807) is 24.3 Å². The number of amides is 1. The maximum Gasteiger partial charge on any atom is 0.265 e. The van der Waals surface area contributed by atoms with Gasteiger partial charge in [0.05, 0.1) is 14.7 Å². The first-order chi connectivity index (χ1) is 11.5. The predicted molar refractivity (Wildman–Crippen MR) is 95.6 cm³/mol. The van der Waals surface area contributed by atoms with E-state index < -0.39 is 9.84 Å². The Hall–Kier alpha value is -2.15. The number of sulfone groups is 1. The summed E-state index contributed by atoms with van der Waals surface area (Å²) in [5, 5.41) is 5.02. The summed E-state index contributed by atoms with van der Waals surface area (Å²) < 4.78 is 25.1. The van der Waals surface area contributed by atoms with E-state index in [1.807, 2.05) is 5.38 Å². The van der Waals surface area contributed by atoms with Gasteiger partial charge in [-0.15, -0.1) is 11.3 Å². The topological polar surface area (TPSA) is 63.2 Å². The molecule has 0 radical (unpaired) electrons. The third kappa shape index (κ3) is 3.51. The van der Waals surface area contributed by atoms with Crippen LogP contribution in [0.4, 0.5) is 5.69 Å². The molecule has 0 unspecified atom stereocenters. The van der Waals surface area contributed by atoms with Crippen LogP contribution in [0.5, 0.6) is 0 Å². The van der Waals surface area contributed by atoms with Gasteiger partial charge in [-0.1, -0.05) is 17.7 Å². The SMILES string of the molecule is O=C(Nc1ccc(S(=O)(=O)c2ccc(Cl)cc2)cc1)c1cccs1. The number of carbonyl (C=O) groups is 1. The van der Waals surface area contributed by atoms with Crippen molar-refractivity contribution in [2.75, 3.05) is 5.32 Å². The van der Waals surface area contributed by atoms with Crippen molar-refractivity contribution in [2.24, 2.45) is 0 Å². The molecule has 1 heterocycles. The van der Waals surface area contributed by atoms with Crippen molar-refractivity contribution in [2.45, 2.75) is 9.79 Å². The first kappa shape index (κ1) is 16.7. The fourth-order valence-corrected chi connectivity index (χ4v) is 4.07. The standard InChI is InChI=1S/C17H12ClNO3S2/c18-12-3-7-14(8-4-12)24(21,22)15-9-5-13(6-10-15)19-17(20)16-2-1-11-23-16/h1-11H,(H,19,20). The van der Waals surface area contributed by atoms with Crippen molar-refractivity contribution < 1.29 is 13.2 Å². The highest BCUT2D eigenvalue weighted by Crippen LogP contribution is 2.24. The average Bonchev–Trinajstić information content (AvgIpc) is 3.10. The van der Waals surface area contributed by atoms with Gasteiger partial charge in [0.15, 0.2) is 0 Å². The first-order valence-electron chi connectivity index (χ1n) is 6.92. The average molecular weight is 378 g/mol. The Kier molecular flexibility index (Phi) is 4.71. The second-order valence-electron chi connectivity index (χ2n) is 4.91. The van der Waals surface area contributed by atoms with Gasteiger partial charge in [0.1, 0.15) is 0 Å². The molecule has 3 rings (SSSR count). The Labute approximate surface area is 148 Å². The lowest BCUT2D eigenvalue weighted by atomic mass is 10.3. The van der Waals surface area contributed by atoms with E-state index in [4.69, 9.17) is 11.6 Å². The van der Waals surface area contributed by atoms with Gasteiger partial charge in [-0.3, -0.25) is 4.79 Å². The van der Waals surface area contributed by atoms with E-state index in [-0.39, 0.29) is 15.7 Å². The van der Waals surface area contributed by atoms with E-state index in [2.05, 4.69) is 5.32 Å². The van der Waals surface area contributed by atoms with E-state index in [9.17, 15) is 13.2 Å². The van der Waals surface area contributed by atoms with E-state index >= 15 is 0 Å². The second kappa shape index (κ2) is 6.76. The van der Waals surface area contributed by atoms with Crippen LogP contribution in [0, 0.1) is 0 Å². The normalized spacial score (nSPS) is 11.2. The molecule has 24 heavy (non-hydrogen) atoms. The van der Waals surface area contributed by atoms with Gasteiger partial charge in [-0.05, 0) is 60.0 Å². The maximum atomic E-state index is 12.5. The molecule has 2 aromatic carbocycles. The number of hydrogen-bond acceptors (Lipinski definition) is 4. The summed E-state index contributed by atoms with van der Waals surface area (Å²) in [6.45, 7) is 0. The van der Waals surface area contributed by atoms with Gasteiger partial charge in [0, 0.05) is 10.7 Å². The summed E-state index contributed by atoms with van der Waals surface area (Å²) in [4.78, 5) is 12.9. The monoisotopic (exact) mass is 377 g/mol. The maximum absolute atomic E-state index is 12.5. The van der Waals surface area contributed by atoms with Crippen LogP contribution in [0.15, 0.2) is 75.8 Å². The van der Waals surface area contributed by atoms with Gasteiger partial charge >= 0.3 is 0 Å². The third-order valence-corrected chi connectivity index (χ3v) is 6.20. The predicted octanol–water partition coefficient (Wildman–Crippen LogP) is 4.49. The van der Waals surface area contributed by atoms with Crippen LogP contribution in [0.3, 0.4) is 0 Å². The first-order valence-corrected chi connectivity index (χ1v) is 9.66. The largest absolute Gasteiger partial charge is 0.321 e. The lowest BCUT2D eigenvalue weighted by Crippen LogP contribution is -2.10. The highest BCUT2D eigenvalue weighted by molar-refractivity contribution is 7.91. The van der Waals surface area contributed by atoms with Crippen LogP contribution in [0.1, 0.15) is 9.67 Å². The van der Waals surface area contributed by atoms with Crippen LogP contribution in [0.2, 0.25) is 5.02 Å². The molecular formula is C17H12ClNO3S2. The Balaban J connectivity index is 1.81. The van der Waals surface area contributed by atoms with Crippen molar-refractivity contribution in [3.05, 3.63) is 75.9 Å². The molecule has 1 amide bonds. The fraction of sp³-hybridized carbons (Fsp3) is 0. The third-order valence-electron chi connectivity index (χ3n) is 3.29. The minimum Gasteiger partial charge on any atom is -0.321 e. The van der Waals surface area contributed by atoms with Crippen molar-refractivity contribution in [3.63, 3.8) is 0 Å². The van der Waals surface area contributed by atoms with E-state index in [0.29, 0.717) is 15.6 Å². The minimum atomic E-state index is -3.61. The molecule has 0 aliphatic rings. The summed E-state index contributed by atoms with van der Waals surface area (Å²) in [7, 11) is -3.61. The fourth-order valence-electron chi connectivity index (χ4n) is 2.07. The van der Waals surface area contributed by atoms with Gasteiger partial charge in [0.25, 0.3) is 5.91 Å². The van der Waals surface area contributed by atoms with Crippen LogP contribution < -0.4 is 5.32 Å². The molecule has 0 bridgehead atoms. The van der Waals surface area contributed by atoms with Crippen LogP contribution in [-0.4, -0.2) is 14.3 Å². The molecule has 0 spiro atoms. The number of halogens is 1. The zero-order chi connectivity index (χ0) is 17.2. The number of hydrogen-bond donors (Lipinski definition) is 1. The van der Waals surface area contributed by atoms with Gasteiger partial charge < -0.3 is 5.32 Å². The smallest absolute Gasteiger partial charge is 0.265 e. The molecule has 0 aliphatic carbocycles. The van der Waals surface area contributed by atoms with Gasteiger partial charge in [0.2, 0.25) is 9.84 Å². The molecular weight excluding hydrogens is 366 g/mol. The zero-order valence-electron chi connectivity index (χ0n) is 12.3. The molecule has 1 aromatic heterocycles. The number of carbonyl (C=O) groups excluding carboxylic acids is 1. The summed E-state index contributed by atoms with van der Waals surface area (Å²) in [6, 6.07) is 15.6. The molecule has 0 fully saturated rings. The summed E-state index contributed by atoms with van der Waals surface area (Å²) in [5.41, 5.74) is 0.531. The summed E-state index contributed by atoms with van der Waals surface area (Å²) in [6.07, 6.45) is 0. The molecule has 0 saturated heterocycles. The molecule has 0 atom stereocenters. The number of anilines is 1. The summed E-state index contributed by atoms with van der Waals surface area (Å²) in [5.74, 6) is -0.224. The highest BCUT2D eigenvalue weighted by Gasteiger charge is 2.17. The van der Waals surface area contributed by atoms with Crippen LogP contribution in [-0.2, 0) is 9.84 Å². The Morgan fingerprint density at radius 2 is 1.50 bits per heavy atom. The van der Waals surface area contributed by atoms with Gasteiger partial charge in [-0.2, -0.15) is 0 Å². The van der Waals surface area contributed by atoms with Crippen molar-refractivity contribution in [1.29, 1.82) is 0 Å². The molecule has 0 aliphatic heterocycles. The number of thiophene rings is 1. The lowest BCUT2D eigenvalue weighted by Gasteiger charge is -2.07. The minimum absolute atomic E-state index is 0.152. The van der Waals surface area contributed by atoms with Crippen molar-refractivity contribution in [3.8, 4) is 0 Å².